The minimum absolute atomic E-state index is 0.536. The fraction of sp³-hybridized carbons (Fsp3) is 0.647. The van der Waals surface area contributed by atoms with Crippen molar-refractivity contribution in [2.75, 3.05) is 19.7 Å². The zero-order chi connectivity index (χ0) is 14.3. The lowest BCUT2D eigenvalue weighted by Gasteiger charge is -2.16. The van der Waals surface area contributed by atoms with Crippen molar-refractivity contribution in [3.05, 3.63) is 29.3 Å². The van der Waals surface area contributed by atoms with Crippen molar-refractivity contribution in [1.82, 2.24) is 5.32 Å². The third kappa shape index (κ3) is 5.65. The number of ether oxygens (including phenoxy) is 1. The van der Waals surface area contributed by atoms with Crippen molar-refractivity contribution in [3.8, 4) is 5.75 Å². The van der Waals surface area contributed by atoms with E-state index in [1.807, 2.05) is 0 Å². The molecule has 0 heterocycles. The summed E-state index contributed by atoms with van der Waals surface area (Å²) in [6.45, 7) is 13.8. The molecule has 2 heteroatoms. The van der Waals surface area contributed by atoms with Gasteiger partial charge in [0.15, 0.2) is 0 Å². The standard InChI is InChI=1S/C17H29NO/c1-6-9-18-11-14(4)12-19-17-10-16(13(2)3)8-7-15(17)5/h7-8,10,13-14,18H,6,9,11-12H2,1-5H3. The maximum atomic E-state index is 5.98. The molecular weight excluding hydrogens is 234 g/mol. The summed E-state index contributed by atoms with van der Waals surface area (Å²) >= 11 is 0. The predicted molar refractivity (Wildman–Crippen MR) is 83.1 cm³/mol. The zero-order valence-electron chi connectivity index (χ0n) is 13.1. The molecule has 0 aliphatic heterocycles. The van der Waals surface area contributed by atoms with Crippen molar-refractivity contribution >= 4 is 0 Å². The van der Waals surface area contributed by atoms with Gasteiger partial charge in [0.05, 0.1) is 6.61 Å². The van der Waals surface area contributed by atoms with E-state index in [2.05, 4.69) is 58.1 Å². The maximum absolute atomic E-state index is 5.98. The molecule has 1 aromatic carbocycles. The Kier molecular flexibility index (Phi) is 6.93. The molecule has 1 aromatic rings. The van der Waals surface area contributed by atoms with Gasteiger partial charge in [0.1, 0.15) is 5.75 Å². The van der Waals surface area contributed by atoms with Crippen molar-refractivity contribution in [2.45, 2.75) is 47.0 Å². The SMILES string of the molecule is CCCNCC(C)COc1cc(C(C)C)ccc1C. The van der Waals surface area contributed by atoms with E-state index in [9.17, 15) is 0 Å². The Morgan fingerprint density at radius 1 is 1.21 bits per heavy atom. The number of hydrogen-bond acceptors (Lipinski definition) is 2. The van der Waals surface area contributed by atoms with E-state index in [-0.39, 0.29) is 0 Å². The number of hydrogen-bond donors (Lipinski definition) is 1. The van der Waals surface area contributed by atoms with E-state index in [0.717, 1.165) is 25.4 Å². The third-order valence-electron chi connectivity index (χ3n) is 3.32. The molecule has 1 rings (SSSR count). The molecule has 0 amide bonds. The molecule has 108 valence electrons. The van der Waals surface area contributed by atoms with Gasteiger partial charge in [-0.2, -0.15) is 0 Å². The van der Waals surface area contributed by atoms with Gasteiger partial charge in [-0.1, -0.05) is 39.8 Å². The van der Waals surface area contributed by atoms with Crippen LogP contribution in [0.25, 0.3) is 0 Å². The highest BCUT2D eigenvalue weighted by atomic mass is 16.5. The van der Waals surface area contributed by atoms with Gasteiger partial charge in [-0.3, -0.25) is 0 Å². The van der Waals surface area contributed by atoms with Gasteiger partial charge >= 0.3 is 0 Å². The first-order valence-electron chi connectivity index (χ1n) is 7.48. The van der Waals surface area contributed by atoms with Crippen LogP contribution in [0.3, 0.4) is 0 Å². The lowest BCUT2D eigenvalue weighted by molar-refractivity contribution is 0.254. The van der Waals surface area contributed by atoms with Crippen LogP contribution < -0.4 is 10.1 Å². The van der Waals surface area contributed by atoms with Crippen molar-refractivity contribution < 1.29 is 4.74 Å². The molecule has 19 heavy (non-hydrogen) atoms. The van der Waals surface area contributed by atoms with E-state index < -0.39 is 0 Å². The molecule has 1 unspecified atom stereocenters. The highest BCUT2D eigenvalue weighted by Gasteiger charge is 2.07. The minimum Gasteiger partial charge on any atom is -0.493 e. The molecule has 0 fully saturated rings. The second-order valence-electron chi connectivity index (χ2n) is 5.80. The Bertz CT molecular complexity index is 374. The first-order chi connectivity index (χ1) is 9.04. The van der Waals surface area contributed by atoms with Gasteiger partial charge in [-0.05, 0) is 43.0 Å². The Morgan fingerprint density at radius 3 is 2.58 bits per heavy atom. The van der Waals surface area contributed by atoms with E-state index in [0.29, 0.717) is 11.8 Å². The number of nitrogens with one attached hydrogen (secondary N) is 1. The Morgan fingerprint density at radius 2 is 1.95 bits per heavy atom. The monoisotopic (exact) mass is 263 g/mol. The van der Waals surface area contributed by atoms with Crippen LogP contribution >= 0.6 is 0 Å². The Labute approximate surface area is 118 Å². The first-order valence-corrected chi connectivity index (χ1v) is 7.48. The van der Waals surface area contributed by atoms with E-state index in [4.69, 9.17) is 4.74 Å². The summed E-state index contributed by atoms with van der Waals surface area (Å²) in [6.07, 6.45) is 1.18. The molecule has 1 atom stereocenters. The van der Waals surface area contributed by atoms with E-state index in [1.54, 1.807) is 0 Å². The average Bonchev–Trinajstić information content (AvgIpc) is 2.37. The molecule has 0 aliphatic rings. The van der Waals surface area contributed by atoms with E-state index >= 15 is 0 Å². The number of rotatable bonds is 8. The molecule has 0 aromatic heterocycles. The molecule has 0 bridgehead atoms. The molecule has 0 aliphatic carbocycles. The van der Waals surface area contributed by atoms with Crippen LogP contribution in [-0.2, 0) is 0 Å². The van der Waals surface area contributed by atoms with Crippen molar-refractivity contribution in [1.29, 1.82) is 0 Å². The topological polar surface area (TPSA) is 21.3 Å². The average molecular weight is 263 g/mol. The number of benzene rings is 1. The fourth-order valence-electron chi connectivity index (χ4n) is 1.95. The molecule has 0 spiro atoms. The lowest BCUT2D eigenvalue weighted by Crippen LogP contribution is -2.25. The molecule has 0 radical (unpaired) electrons. The van der Waals surface area contributed by atoms with Crippen LogP contribution in [0.4, 0.5) is 0 Å². The second kappa shape index (κ2) is 8.21. The maximum Gasteiger partial charge on any atom is 0.122 e. The highest BCUT2D eigenvalue weighted by molar-refractivity contribution is 5.37. The summed E-state index contributed by atoms with van der Waals surface area (Å²) in [7, 11) is 0. The van der Waals surface area contributed by atoms with Gasteiger partial charge in [0, 0.05) is 12.5 Å². The van der Waals surface area contributed by atoms with Crippen LogP contribution in [0.1, 0.15) is 51.2 Å². The largest absolute Gasteiger partial charge is 0.493 e. The van der Waals surface area contributed by atoms with Gasteiger partial charge in [-0.15, -0.1) is 0 Å². The van der Waals surface area contributed by atoms with Crippen LogP contribution in [0, 0.1) is 12.8 Å². The summed E-state index contributed by atoms with van der Waals surface area (Å²) < 4.78 is 5.98. The quantitative estimate of drug-likeness (QED) is 0.712. The smallest absolute Gasteiger partial charge is 0.122 e. The van der Waals surface area contributed by atoms with Crippen molar-refractivity contribution in [3.63, 3.8) is 0 Å². The Hall–Kier alpha value is -1.02. The molecule has 2 nitrogen and oxygen atoms in total. The lowest BCUT2D eigenvalue weighted by atomic mass is 10.0. The van der Waals surface area contributed by atoms with E-state index in [1.165, 1.54) is 17.5 Å². The van der Waals surface area contributed by atoms with Gasteiger partial charge in [-0.25, -0.2) is 0 Å². The summed E-state index contributed by atoms with van der Waals surface area (Å²) in [4.78, 5) is 0. The second-order valence-corrected chi connectivity index (χ2v) is 5.80. The zero-order valence-corrected chi connectivity index (χ0v) is 13.1. The summed E-state index contributed by atoms with van der Waals surface area (Å²) in [5.74, 6) is 2.12. The Balaban J connectivity index is 2.50. The highest BCUT2D eigenvalue weighted by Crippen LogP contribution is 2.24. The molecular formula is C17H29NO. The normalized spacial score (nSPS) is 12.7. The van der Waals surface area contributed by atoms with Gasteiger partial charge < -0.3 is 10.1 Å². The first kappa shape index (κ1) is 16.0. The summed E-state index contributed by atoms with van der Waals surface area (Å²) in [5.41, 5.74) is 2.57. The summed E-state index contributed by atoms with van der Waals surface area (Å²) in [6, 6.07) is 6.54. The third-order valence-corrected chi connectivity index (χ3v) is 3.32. The van der Waals surface area contributed by atoms with Crippen LogP contribution in [-0.4, -0.2) is 19.7 Å². The minimum atomic E-state index is 0.536. The van der Waals surface area contributed by atoms with Crippen molar-refractivity contribution in [2.24, 2.45) is 5.92 Å². The molecule has 1 N–H and O–H groups in total. The van der Waals surface area contributed by atoms with Crippen LogP contribution in [0.15, 0.2) is 18.2 Å². The summed E-state index contributed by atoms with van der Waals surface area (Å²) in [5, 5.41) is 3.44. The van der Waals surface area contributed by atoms with Crippen LogP contribution in [0.2, 0.25) is 0 Å². The van der Waals surface area contributed by atoms with Crippen LogP contribution in [0.5, 0.6) is 5.75 Å². The number of aryl methyl sites for hydroxylation is 1. The molecule has 0 saturated heterocycles. The molecule has 0 saturated carbocycles. The van der Waals surface area contributed by atoms with Gasteiger partial charge in [0.2, 0.25) is 0 Å². The van der Waals surface area contributed by atoms with Gasteiger partial charge in [0.25, 0.3) is 0 Å². The fourth-order valence-corrected chi connectivity index (χ4v) is 1.95. The predicted octanol–water partition coefficient (Wildman–Crippen LogP) is 4.13.